The minimum Gasteiger partial charge on any atom is -0.395 e. The van der Waals surface area contributed by atoms with E-state index in [-0.39, 0.29) is 12.0 Å². The Hall–Kier alpha value is -1.02. The summed E-state index contributed by atoms with van der Waals surface area (Å²) in [5.41, 5.74) is 2.43. The van der Waals surface area contributed by atoms with E-state index in [2.05, 4.69) is 31.0 Å². The zero-order chi connectivity index (χ0) is 9.47. The Kier molecular flexibility index (Phi) is 1.81. The van der Waals surface area contributed by atoms with Gasteiger partial charge in [-0.3, -0.25) is 0 Å². The molecule has 0 saturated heterocycles. The van der Waals surface area contributed by atoms with Gasteiger partial charge in [-0.15, -0.1) is 0 Å². The number of hydrogen-bond donors (Lipinski definition) is 1. The van der Waals surface area contributed by atoms with Gasteiger partial charge in [-0.2, -0.15) is 0 Å². The molecule has 0 aromatic heterocycles. The third-order valence-corrected chi connectivity index (χ3v) is 2.90. The van der Waals surface area contributed by atoms with Crippen LogP contribution in [0.1, 0.15) is 12.5 Å². The number of aliphatic hydroxyl groups excluding tert-OH is 1. The van der Waals surface area contributed by atoms with Crippen LogP contribution in [0.25, 0.3) is 0 Å². The molecule has 0 saturated carbocycles. The van der Waals surface area contributed by atoms with Crippen LogP contribution in [0.4, 0.5) is 5.69 Å². The fraction of sp³-hybridized carbons (Fsp3) is 0.455. The average Bonchev–Trinajstić information content (AvgIpc) is 2.42. The molecule has 0 fully saturated rings. The van der Waals surface area contributed by atoms with E-state index in [0.29, 0.717) is 0 Å². The van der Waals surface area contributed by atoms with E-state index in [9.17, 15) is 5.11 Å². The van der Waals surface area contributed by atoms with E-state index < -0.39 is 0 Å². The number of rotatable bonds is 1. The fourth-order valence-corrected chi connectivity index (χ4v) is 2.15. The molecular weight excluding hydrogens is 162 g/mol. The number of likely N-dealkylation sites (N-methyl/N-ethyl adjacent to an activating group) is 1. The molecule has 1 aliphatic heterocycles. The molecule has 0 aliphatic carbocycles. The minimum absolute atomic E-state index is 0.0780. The van der Waals surface area contributed by atoms with Gasteiger partial charge in [-0.05, 0) is 11.6 Å². The van der Waals surface area contributed by atoms with Crippen molar-refractivity contribution in [2.24, 2.45) is 0 Å². The Morgan fingerprint density at radius 2 is 2.15 bits per heavy atom. The highest BCUT2D eigenvalue weighted by Gasteiger charge is 2.36. The van der Waals surface area contributed by atoms with Crippen molar-refractivity contribution in [3.05, 3.63) is 29.8 Å². The number of anilines is 1. The van der Waals surface area contributed by atoms with Crippen molar-refractivity contribution >= 4 is 5.69 Å². The molecule has 0 spiro atoms. The smallest absolute Gasteiger partial charge is 0.0543 e. The van der Waals surface area contributed by atoms with Gasteiger partial charge in [-0.25, -0.2) is 0 Å². The number of aliphatic hydroxyl groups is 1. The van der Waals surface area contributed by atoms with Crippen LogP contribution in [0.3, 0.4) is 0 Å². The lowest BCUT2D eigenvalue weighted by Crippen LogP contribution is -2.32. The molecule has 0 amide bonds. The molecule has 2 heteroatoms. The van der Waals surface area contributed by atoms with Crippen molar-refractivity contribution in [2.75, 3.05) is 25.1 Å². The summed E-state index contributed by atoms with van der Waals surface area (Å²) in [7, 11) is 2.07. The summed E-state index contributed by atoms with van der Waals surface area (Å²) in [6.45, 7) is 3.23. The van der Waals surface area contributed by atoms with Gasteiger partial charge in [0.05, 0.1) is 6.61 Å². The molecule has 0 bridgehead atoms. The van der Waals surface area contributed by atoms with Gasteiger partial charge in [0.2, 0.25) is 0 Å². The Morgan fingerprint density at radius 1 is 1.46 bits per heavy atom. The van der Waals surface area contributed by atoms with Crippen LogP contribution in [-0.2, 0) is 5.41 Å². The van der Waals surface area contributed by atoms with Crippen LogP contribution in [0.2, 0.25) is 0 Å². The second-order valence-corrected chi connectivity index (χ2v) is 4.09. The Bertz CT molecular complexity index is 324. The highest BCUT2D eigenvalue weighted by Crippen LogP contribution is 2.38. The highest BCUT2D eigenvalue weighted by atomic mass is 16.3. The lowest BCUT2D eigenvalue weighted by molar-refractivity contribution is 0.216. The molecular formula is C11H15NO. The average molecular weight is 177 g/mol. The van der Waals surface area contributed by atoms with Crippen molar-refractivity contribution in [2.45, 2.75) is 12.3 Å². The third-order valence-electron chi connectivity index (χ3n) is 2.90. The summed E-state index contributed by atoms with van der Waals surface area (Å²) in [5.74, 6) is 0. The minimum atomic E-state index is -0.0780. The lowest BCUT2D eigenvalue weighted by Gasteiger charge is -2.21. The number of fused-ring (bicyclic) bond motifs is 1. The van der Waals surface area contributed by atoms with Gasteiger partial charge in [0, 0.05) is 24.7 Å². The van der Waals surface area contributed by atoms with E-state index in [4.69, 9.17) is 0 Å². The molecule has 13 heavy (non-hydrogen) atoms. The predicted molar refractivity (Wildman–Crippen MR) is 54.1 cm³/mol. The Morgan fingerprint density at radius 3 is 2.85 bits per heavy atom. The van der Waals surface area contributed by atoms with Crippen LogP contribution in [0.15, 0.2) is 24.3 Å². The third kappa shape index (κ3) is 1.13. The van der Waals surface area contributed by atoms with Gasteiger partial charge >= 0.3 is 0 Å². The Labute approximate surface area is 78.8 Å². The first-order valence-corrected chi connectivity index (χ1v) is 4.59. The van der Waals surface area contributed by atoms with Gasteiger partial charge < -0.3 is 10.0 Å². The van der Waals surface area contributed by atoms with E-state index in [1.807, 2.05) is 12.1 Å². The van der Waals surface area contributed by atoms with Crippen LogP contribution >= 0.6 is 0 Å². The molecule has 2 rings (SSSR count). The summed E-state index contributed by atoms with van der Waals surface area (Å²) in [5, 5.41) is 9.36. The van der Waals surface area contributed by atoms with Crippen LogP contribution < -0.4 is 4.90 Å². The quantitative estimate of drug-likeness (QED) is 0.700. The molecule has 0 unspecified atom stereocenters. The van der Waals surface area contributed by atoms with Crippen LogP contribution in [0, 0.1) is 0 Å². The summed E-state index contributed by atoms with van der Waals surface area (Å²) < 4.78 is 0. The molecule has 1 N–H and O–H groups in total. The first-order valence-electron chi connectivity index (χ1n) is 4.59. The molecule has 0 radical (unpaired) electrons. The van der Waals surface area contributed by atoms with Gasteiger partial charge in [-0.1, -0.05) is 25.1 Å². The highest BCUT2D eigenvalue weighted by molar-refractivity contribution is 5.61. The summed E-state index contributed by atoms with van der Waals surface area (Å²) in [4.78, 5) is 2.20. The zero-order valence-electron chi connectivity index (χ0n) is 8.12. The molecule has 1 aliphatic rings. The summed E-state index contributed by atoms with van der Waals surface area (Å²) in [6, 6.07) is 8.29. The van der Waals surface area contributed by atoms with Gasteiger partial charge in [0.25, 0.3) is 0 Å². The van der Waals surface area contributed by atoms with Crippen molar-refractivity contribution in [3.8, 4) is 0 Å². The number of hydrogen-bond acceptors (Lipinski definition) is 2. The fourth-order valence-electron chi connectivity index (χ4n) is 2.15. The van der Waals surface area contributed by atoms with E-state index in [1.165, 1.54) is 11.3 Å². The largest absolute Gasteiger partial charge is 0.395 e. The van der Waals surface area contributed by atoms with Gasteiger partial charge in [0.1, 0.15) is 0 Å². The maximum absolute atomic E-state index is 9.36. The van der Waals surface area contributed by atoms with Crippen molar-refractivity contribution < 1.29 is 5.11 Å². The van der Waals surface area contributed by atoms with E-state index in [0.717, 1.165) is 6.54 Å². The monoisotopic (exact) mass is 177 g/mol. The van der Waals surface area contributed by atoms with Crippen LogP contribution in [-0.4, -0.2) is 25.3 Å². The first-order chi connectivity index (χ1) is 6.17. The summed E-state index contributed by atoms with van der Waals surface area (Å²) >= 11 is 0. The van der Waals surface area contributed by atoms with Crippen molar-refractivity contribution in [3.63, 3.8) is 0 Å². The number of nitrogens with zero attached hydrogens (tertiary/aromatic N) is 1. The van der Waals surface area contributed by atoms with Gasteiger partial charge in [0.15, 0.2) is 0 Å². The van der Waals surface area contributed by atoms with E-state index >= 15 is 0 Å². The number of para-hydroxylation sites is 1. The zero-order valence-corrected chi connectivity index (χ0v) is 8.12. The molecule has 2 nitrogen and oxygen atoms in total. The first kappa shape index (κ1) is 8.57. The van der Waals surface area contributed by atoms with Crippen molar-refractivity contribution in [1.82, 2.24) is 0 Å². The maximum atomic E-state index is 9.36. The second kappa shape index (κ2) is 2.74. The van der Waals surface area contributed by atoms with E-state index in [1.54, 1.807) is 0 Å². The van der Waals surface area contributed by atoms with Crippen molar-refractivity contribution in [1.29, 1.82) is 0 Å². The molecule has 70 valence electrons. The topological polar surface area (TPSA) is 23.5 Å². The predicted octanol–water partition coefficient (Wildman–Crippen LogP) is 1.39. The normalized spacial score (nSPS) is 26.2. The SMILES string of the molecule is CN1C[C@](C)(CO)c2ccccc21. The maximum Gasteiger partial charge on any atom is 0.0543 e. The molecule has 1 aromatic rings. The van der Waals surface area contributed by atoms with Crippen LogP contribution in [0.5, 0.6) is 0 Å². The Balaban J connectivity index is 2.53. The second-order valence-electron chi connectivity index (χ2n) is 4.09. The molecule has 1 atom stereocenters. The summed E-state index contributed by atoms with van der Waals surface area (Å²) in [6.07, 6.45) is 0. The molecule has 1 aromatic carbocycles. The lowest BCUT2D eigenvalue weighted by atomic mass is 9.86. The number of benzene rings is 1. The molecule has 1 heterocycles. The standard InChI is InChI=1S/C11H15NO/c1-11(8-13)7-12(2)10-6-4-3-5-9(10)11/h3-6,13H,7-8H2,1-2H3/t11-/m1/s1.